The van der Waals surface area contributed by atoms with Crippen LogP contribution in [0.2, 0.25) is 0 Å². The molecule has 2 fully saturated rings. The number of nitrogens with one attached hydrogen (secondary N) is 2. The number of nitrogens with zero attached hydrogens (tertiary/aromatic N) is 4. The van der Waals surface area contributed by atoms with E-state index in [0.717, 1.165) is 50.1 Å². The van der Waals surface area contributed by atoms with Crippen LogP contribution >= 0.6 is 0 Å². The standard InChI is InChI=1S/C14H18N6O/c21-14(9-3-4-9)19-10-2-1-5-20(6-10)13-11-12(16-7-15-11)17-8-18-13/h7-10H,1-6H2,(H,19,21)(H,15,16,17,18). The molecule has 1 aliphatic heterocycles. The quantitative estimate of drug-likeness (QED) is 0.873. The zero-order valence-corrected chi connectivity index (χ0v) is 11.7. The number of aromatic nitrogens is 4. The number of rotatable bonds is 3. The summed E-state index contributed by atoms with van der Waals surface area (Å²) in [6.07, 6.45) is 7.36. The monoisotopic (exact) mass is 286 g/mol. The third kappa shape index (κ3) is 2.43. The highest BCUT2D eigenvalue weighted by atomic mass is 16.2. The van der Waals surface area contributed by atoms with Crippen molar-refractivity contribution in [3.63, 3.8) is 0 Å². The zero-order chi connectivity index (χ0) is 14.2. The fourth-order valence-corrected chi connectivity index (χ4v) is 2.94. The third-order valence-corrected chi connectivity index (χ3v) is 4.22. The van der Waals surface area contributed by atoms with E-state index in [1.54, 1.807) is 12.7 Å². The van der Waals surface area contributed by atoms with E-state index in [4.69, 9.17) is 0 Å². The fraction of sp³-hybridized carbons (Fsp3) is 0.571. The lowest BCUT2D eigenvalue weighted by molar-refractivity contribution is -0.123. The molecule has 0 radical (unpaired) electrons. The van der Waals surface area contributed by atoms with Crippen LogP contribution in [-0.4, -0.2) is 45.0 Å². The number of hydrogen-bond donors (Lipinski definition) is 2. The number of carbonyl (C=O) groups excluding carboxylic acids is 1. The minimum absolute atomic E-state index is 0.208. The smallest absolute Gasteiger partial charge is 0.223 e. The highest BCUT2D eigenvalue weighted by molar-refractivity contribution is 5.83. The van der Waals surface area contributed by atoms with Gasteiger partial charge in [-0.3, -0.25) is 4.79 Å². The number of H-pyrrole nitrogens is 1. The molecular weight excluding hydrogens is 268 g/mol. The van der Waals surface area contributed by atoms with Crippen LogP contribution in [0.5, 0.6) is 0 Å². The van der Waals surface area contributed by atoms with Crippen LogP contribution in [0.3, 0.4) is 0 Å². The van der Waals surface area contributed by atoms with E-state index in [-0.39, 0.29) is 17.9 Å². The second-order valence-corrected chi connectivity index (χ2v) is 5.87. The van der Waals surface area contributed by atoms with Gasteiger partial charge in [-0.1, -0.05) is 0 Å². The Morgan fingerprint density at radius 1 is 1.29 bits per heavy atom. The molecule has 2 aliphatic rings. The van der Waals surface area contributed by atoms with Gasteiger partial charge in [-0.25, -0.2) is 15.0 Å². The van der Waals surface area contributed by atoms with E-state index in [1.165, 1.54) is 0 Å². The average molecular weight is 286 g/mol. The average Bonchev–Trinajstić information content (AvgIpc) is 3.25. The fourth-order valence-electron chi connectivity index (χ4n) is 2.94. The summed E-state index contributed by atoms with van der Waals surface area (Å²) in [5.41, 5.74) is 1.55. The van der Waals surface area contributed by atoms with Gasteiger partial charge < -0.3 is 15.2 Å². The SMILES string of the molecule is O=C(NC1CCCN(c2ncnc3nc[nH]c23)C1)C1CC1. The van der Waals surface area contributed by atoms with Crippen molar-refractivity contribution >= 4 is 22.9 Å². The maximum atomic E-state index is 11.9. The third-order valence-electron chi connectivity index (χ3n) is 4.22. The number of hydrogen-bond acceptors (Lipinski definition) is 5. The number of fused-ring (bicyclic) bond motifs is 1. The molecular formula is C14H18N6O. The van der Waals surface area contributed by atoms with Gasteiger partial charge >= 0.3 is 0 Å². The molecule has 7 nitrogen and oxygen atoms in total. The molecule has 2 aromatic rings. The first-order valence-electron chi connectivity index (χ1n) is 7.50. The summed E-state index contributed by atoms with van der Waals surface area (Å²) in [6, 6.07) is 0.208. The van der Waals surface area contributed by atoms with Crippen LogP contribution < -0.4 is 10.2 Å². The summed E-state index contributed by atoms with van der Waals surface area (Å²) >= 11 is 0. The van der Waals surface area contributed by atoms with Crippen molar-refractivity contribution in [2.45, 2.75) is 31.7 Å². The Kier molecular flexibility index (Phi) is 2.98. The van der Waals surface area contributed by atoms with Crippen LogP contribution in [0.15, 0.2) is 12.7 Å². The second kappa shape index (κ2) is 4.98. The first-order valence-corrected chi connectivity index (χ1v) is 7.50. The Balaban J connectivity index is 1.52. The van der Waals surface area contributed by atoms with Crippen LogP contribution in [0.1, 0.15) is 25.7 Å². The van der Waals surface area contributed by atoms with Gasteiger partial charge in [0.05, 0.1) is 6.33 Å². The van der Waals surface area contributed by atoms with Gasteiger partial charge in [0.2, 0.25) is 5.91 Å². The largest absolute Gasteiger partial charge is 0.353 e. The first-order chi connectivity index (χ1) is 10.3. The molecule has 0 bridgehead atoms. The predicted octanol–water partition coefficient (Wildman–Crippen LogP) is 0.848. The van der Waals surface area contributed by atoms with E-state index in [9.17, 15) is 4.79 Å². The lowest BCUT2D eigenvalue weighted by Crippen LogP contribution is -2.48. The normalized spacial score (nSPS) is 22.5. The van der Waals surface area contributed by atoms with Crippen molar-refractivity contribution in [2.24, 2.45) is 5.92 Å². The van der Waals surface area contributed by atoms with Gasteiger partial charge in [0.1, 0.15) is 11.8 Å². The number of amides is 1. The number of imidazole rings is 1. The van der Waals surface area contributed by atoms with Crippen molar-refractivity contribution in [1.82, 2.24) is 25.3 Å². The molecule has 21 heavy (non-hydrogen) atoms. The lowest BCUT2D eigenvalue weighted by atomic mass is 10.1. The topological polar surface area (TPSA) is 86.8 Å². The Hall–Kier alpha value is -2.18. The highest BCUT2D eigenvalue weighted by Gasteiger charge is 2.32. The van der Waals surface area contributed by atoms with Crippen LogP contribution in [0, 0.1) is 5.92 Å². The van der Waals surface area contributed by atoms with Gasteiger partial charge in [-0.05, 0) is 25.7 Å². The van der Waals surface area contributed by atoms with Crippen molar-refractivity contribution < 1.29 is 4.79 Å². The predicted molar refractivity (Wildman–Crippen MR) is 77.8 cm³/mol. The lowest BCUT2D eigenvalue weighted by Gasteiger charge is -2.34. The Labute approximate surface area is 122 Å². The molecule has 3 heterocycles. The zero-order valence-electron chi connectivity index (χ0n) is 11.7. The molecule has 1 atom stereocenters. The first kappa shape index (κ1) is 12.6. The Bertz CT molecular complexity index is 664. The van der Waals surface area contributed by atoms with Crippen LogP contribution in [0.25, 0.3) is 11.2 Å². The molecule has 1 aliphatic carbocycles. The molecule has 1 unspecified atom stereocenters. The van der Waals surface area contributed by atoms with Gasteiger partial charge in [0.15, 0.2) is 11.5 Å². The number of anilines is 1. The highest BCUT2D eigenvalue weighted by Crippen LogP contribution is 2.29. The summed E-state index contributed by atoms with van der Waals surface area (Å²) in [4.78, 5) is 29.9. The van der Waals surface area contributed by atoms with Crippen molar-refractivity contribution in [3.05, 3.63) is 12.7 Å². The Morgan fingerprint density at radius 2 is 2.19 bits per heavy atom. The van der Waals surface area contributed by atoms with E-state index in [0.29, 0.717) is 5.65 Å². The Morgan fingerprint density at radius 3 is 3.05 bits per heavy atom. The molecule has 1 saturated heterocycles. The van der Waals surface area contributed by atoms with Gasteiger partial charge in [0, 0.05) is 25.0 Å². The maximum absolute atomic E-state index is 11.9. The molecule has 0 aromatic carbocycles. The van der Waals surface area contributed by atoms with Gasteiger partial charge in [-0.2, -0.15) is 0 Å². The number of piperidine rings is 1. The number of aromatic amines is 1. The molecule has 1 amide bonds. The molecule has 1 saturated carbocycles. The van der Waals surface area contributed by atoms with Crippen molar-refractivity contribution in [2.75, 3.05) is 18.0 Å². The summed E-state index contributed by atoms with van der Waals surface area (Å²) < 4.78 is 0. The van der Waals surface area contributed by atoms with Gasteiger partial charge in [-0.15, -0.1) is 0 Å². The second-order valence-electron chi connectivity index (χ2n) is 5.87. The minimum atomic E-state index is 0.208. The summed E-state index contributed by atoms with van der Waals surface area (Å²) in [6.45, 7) is 1.74. The number of carbonyl (C=O) groups is 1. The molecule has 2 N–H and O–H groups in total. The molecule has 2 aromatic heterocycles. The van der Waals surface area contributed by atoms with Crippen molar-refractivity contribution in [1.29, 1.82) is 0 Å². The molecule has 0 spiro atoms. The summed E-state index contributed by atoms with van der Waals surface area (Å²) in [7, 11) is 0. The van der Waals surface area contributed by atoms with Gasteiger partial charge in [0.25, 0.3) is 0 Å². The van der Waals surface area contributed by atoms with E-state index < -0.39 is 0 Å². The molecule has 4 rings (SSSR count). The van der Waals surface area contributed by atoms with Crippen LogP contribution in [-0.2, 0) is 4.79 Å². The molecule has 110 valence electrons. The summed E-state index contributed by atoms with van der Waals surface area (Å²) in [5, 5.41) is 3.17. The van der Waals surface area contributed by atoms with Crippen molar-refractivity contribution in [3.8, 4) is 0 Å². The van der Waals surface area contributed by atoms with E-state index >= 15 is 0 Å². The van der Waals surface area contributed by atoms with Crippen LogP contribution in [0.4, 0.5) is 5.82 Å². The summed E-state index contributed by atoms with van der Waals surface area (Å²) in [5.74, 6) is 1.36. The minimum Gasteiger partial charge on any atom is -0.353 e. The van der Waals surface area contributed by atoms with E-state index in [2.05, 4.69) is 30.2 Å². The molecule has 7 heteroatoms. The van der Waals surface area contributed by atoms with E-state index in [1.807, 2.05) is 0 Å². The maximum Gasteiger partial charge on any atom is 0.223 e.